The predicted octanol–water partition coefficient (Wildman–Crippen LogP) is 3.96. The number of halogens is 1. The number of fused-ring (bicyclic) bond motifs is 1. The smallest absolute Gasteiger partial charge is 0.124 e. The van der Waals surface area contributed by atoms with Crippen LogP contribution in [0.4, 0.5) is 0 Å². The van der Waals surface area contributed by atoms with E-state index in [1.807, 2.05) is 6.07 Å². The maximum Gasteiger partial charge on any atom is 0.124 e. The Bertz CT molecular complexity index is 462. The van der Waals surface area contributed by atoms with Crippen molar-refractivity contribution in [2.45, 2.75) is 12.8 Å². The average Bonchev–Trinajstić information content (AvgIpc) is 2.59. The number of rotatable bonds is 2. The fraction of sp³-hybridized carbons (Fsp3) is 0.273. The molecule has 2 rings (SSSR count). The lowest BCUT2D eigenvalue weighted by Gasteiger charge is -2.06. The highest BCUT2D eigenvalue weighted by molar-refractivity contribution is 7.17. The van der Waals surface area contributed by atoms with E-state index in [0.29, 0.717) is 5.88 Å². The topological polar surface area (TPSA) is 9.23 Å². The van der Waals surface area contributed by atoms with E-state index in [0.717, 1.165) is 11.3 Å². The number of hydrogen-bond donors (Lipinski definition) is 0. The van der Waals surface area contributed by atoms with Crippen LogP contribution < -0.4 is 4.74 Å². The highest BCUT2D eigenvalue weighted by atomic mass is 35.5. The summed E-state index contributed by atoms with van der Waals surface area (Å²) in [5, 5.41) is 3.44. The molecule has 0 radical (unpaired) electrons. The van der Waals surface area contributed by atoms with Crippen molar-refractivity contribution in [1.82, 2.24) is 0 Å². The Morgan fingerprint density at radius 1 is 1.43 bits per heavy atom. The summed E-state index contributed by atoms with van der Waals surface area (Å²) >= 11 is 7.66. The molecule has 1 heterocycles. The average molecular weight is 227 g/mol. The van der Waals surface area contributed by atoms with Gasteiger partial charge in [0.05, 0.1) is 13.0 Å². The molecule has 0 N–H and O–H groups in total. The molecule has 0 saturated heterocycles. The molecule has 1 aromatic carbocycles. The normalized spacial score (nSPS) is 10.8. The van der Waals surface area contributed by atoms with Gasteiger partial charge in [-0.1, -0.05) is 0 Å². The third-order valence-electron chi connectivity index (χ3n) is 2.35. The van der Waals surface area contributed by atoms with Crippen LogP contribution in [0.2, 0.25) is 0 Å². The van der Waals surface area contributed by atoms with Crippen molar-refractivity contribution in [3.05, 3.63) is 28.6 Å². The van der Waals surface area contributed by atoms with Crippen molar-refractivity contribution in [1.29, 1.82) is 0 Å². The molecule has 14 heavy (non-hydrogen) atoms. The molecule has 0 aliphatic heterocycles. The molecule has 0 bridgehead atoms. The zero-order chi connectivity index (χ0) is 10.1. The van der Waals surface area contributed by atoms with Gasteiger partial charge in [0.2, 0.25) is 0 Å². The zero-order valence-corrected chi connectivity index (χ0v) is 9.71. The van der Waals surface area contributed by atoms with Gasteiger partial charge < -0.3 is 4.74 Å². The maximum atomic E-state index is 5.93. The van der Waals surface area contributed by atoms with Crippen LogP contribution in [0.25, 0.3) is 10.1 Å². The third kappa shape index (κ3) is 1.39. The van der Waals surface area contributed by atoms with E-state index < -0.39 is 0 Å². The van der Waals surface area contributed by atoms with Crippen molar-refractivity contribution in [2.24, 2.45) is 0 Å². The first-order valence-corrected chi connectivity index (χ1v) is 5.79. The second-order valence-electron chi connectivity index (χ2n) is 3.18. The molecule has 1 aromatic heterocycles. The Morgan fingerprint density at radius 2 is 2.21 bits per heavy atom. The van der Waals surface area contributed by atoms with Crippen LogP contribution in [0.15, 0.2) is 17.5 Å². The number of thiophene rings is 1. The molecule has 0 aliphatic rings. The summed E-state index contributed by atoms with van der Waals surface area (Å²) < 4.78 is 6.52. The van der Waals surface area contributed by atoms with E-state index in [9.17, 15) is 0 Å². The van der Waals surface area contributed by atoms with Crippen LogP contribution in [-0.2, 0) is 5.88 Å². The molecule has 2 aromatic rings. The van der Waals surface area contributed by atoms with Crippen LogP contribution in [0.3, 0.4) is 0 Å². The summed E-state index contributed by atoms with van der Waals surface area (Å²) in [5.74, 6) is 1.38. The number of hydrogen-bond acceptors (Lipinski definition) is 2. The van der Waals surface area contributed by atoms with Gasteiger partial charge in [-0.3, -0.25) is 0 Å². The summed E-state index contributed by atoms with van der Waals surface area (Å²) in [4.78, 5) is 0. The first-order valence-electron chi connectivity index (χ1n) is 4.37. The van der Waals surface area contributed by atoms with E-state index >= 15 is 0 Å². The molecule has 0 atom stereocenters. The number of methoxy groups -OCH3 is 1. The summed E-state index contributed by atoms with van der Waals surface area (Å²) in [5.41, 5.74) is 2.41. The van der Waals surface area contributed by atoms with E-state index in [1.165, 1.54) is 15.6 Å². The Labute approximate surface area is 92.3 Å². The van der Waals surface area contributed by atoms with Crippen molar-refractivity contribution in [2.75, 3.05) is 7.11 Å². The molecule has 0 aliphatic carbocycles. The van der Waals surface area contributed by atoms with Crippen molar-refractivity contribution >= 4 is 33.0 Å². The summed E-state index contributed by atoms with van der Waals surface area (Å²) in [6.45, 7) is 2.11. The number of alkyl halides is 1. The van der Waals surface area contributed by atoms with Crippen molar-refractivity contribution < 1.29 is 4.74 Å². The molecule has 0 saturated carbocycles. The first-order chi connectivity index (χ1) is 6.77. The highest BCUT2D eigenvalue weighted by Crippen LogP contribution is 2.35. The molecule has 0 amide bonds. The lowest BCUT2D eigenvalue weighted by atomic mass is 10.1. The van der Waals surface area contributed by atoms with Crippen LogP contribution in [0.1, 0.15) is 11.1 Å². The quantitative estimate of drug-likeness (QED) is 0.705. The lowest BCUT2D eigenvalue weighted by Crippen LogP contribution is -1.89. The highest BCUT2D eigenvalue weighted by Gasteiger charge is 2.09. The maximum absolute atomic E-state index is 5.93. The summed E-state index contributed by atoms with van der Waals surface area (Å²) in [6, 6.07) is 4.08. The fourth-order valence-electron chi connectivity index (χ4n) is 1.58. The van der Waals surface area contributed by atoms with Gasteiger partial charge in [0, 0.05) is 10.3 Å². The van der Waals surface area contributed by atoms with E-state index in [2.05, 4.69) is 18.4 Å². The van der Waals surface area contributed by atoms with Gasteiger partial charge in [0.1, 0.15) is 5.75 Å². The number of benzene rings is 1. The molecular weight excluding hydrogens is 216 g/mol. The van der Waals surface area contributed by atoms with Crippen LogP contribution in [-0.4, -0.2) is 7.11 Å². The summed E-state index contributed by atoms with van der Waals surface area (Å²) in [6.07, 6.45) is 0. The molecule has 1 nitrogen and oxygen atoms in total. The van der Waals surface area contributed by atoms with Crippen molar-refractivity contribution in [3.63, 3.8) is 0 Å². The Hall–Kier alpha value is -0.730. The van der Waals surface area contributed by atoms with E-state index in [-0.39, 0.29) is 0 Å². The second-order valence-corrected chi connectivity index (χ2v) is 4.32. The van der Waals surface area contributed by atoms with Gasteiger partial charge in [-0.05, 0) is 35.4 Å². The Balaban J connectivity index is 2.77. The SMILES string of the molecule is COc1ccc2c(C)csc2c1CCl. The van der Waals surface area contributed by atoms with Crippen LogP contribution in [0, 0.1) is 6.92 Å². The molecule has 0 spiro atoms. The second kappa shape index (κ2) is 3.79. The van der Waals surface area contributed by atoms with Gasteiger partial charge in [-0.15, -0.1) is 22.9 Å². The molecule has 74 valence electrons. The minimum absolute atomic E-state index is 0.500. The van der Waals surface area contributed by atoms with Gasteiger partial charge in [-0.25, -0.2) is 0 Å². The number of ether oxygens (including phenoxy) is 1. The van der Waals surface area contributed by atoms with Crippen LogP contribution >= 0.6 is 22.9 Å². The molecule has 3 heteroatoms. The van der Waals surface area contributed by atoms with Gasteiger partial charge in [0.15, 0.2) is 0 Å². The lowest BCUT2D eigenvalue weighted by molar-refractivity contribution is 0.412. The van der Waals surface area contributed by atoms with Crippen molar-refractivity contribution in [3.8, 4) is 5.75 Å². The first kappa shape index (κ1) is 9.81. The minimum atomic E-state index is 0.500. The van der Waals surface area contributed by atoms with Gasteiger partial charge in [-0.2, -0.15) is 0 Å². The predicted molar refractivity (Wildman–Crippen MR) is 62.7 cm³/mol. The number of aryl methyl sites for hydroxylation is 1. The summed E-state index contributed by atoms with van der Waals surface area (Å²) in [7, 11) is 1.68. The Morgan fingerprint density at radius 3 is 2.86 bits per heavy atom. The molecular formula is C11H11ClOS. The van der Waals surface area contributed by atoms with Gasteiger partial charge in [0.25, 0.3) is 0 Å². The van der Waals surface area contributed by atoms with Crippen LogP contribution in [0.5, 0.6) is 5.75 Å². The minimum Gasteiger partial charge on any atom is -0.496 e. The third-order valence-corrected chi connectivity index (χ3v) is 3.79. The zero-order valence-electron chi connectivity index (χ0n) is 8.13. The standard InChI is InChI=1S/C11H11ClOS/c1-7-6-14-11-8(7)3-4-10(13-2)9(11)5-12/h3-4,6H,5H2,1-2H3. The fourth-order valence-corrected chi connectivity index (χ4v) is 3.02. The van der Waals surface area contributed by atoms with E-state index in [1.54, 1.807) is 18.4 Å². The largest absolute Gasteiger partial charge is 0.496 e. The molecule has 0 fully saturated rings. The Kier molecular flexibility index (Phi) is 2.66. The monoisotopic (exact) mass is 226 g/mol. The van der Waals surface area contributed by atoms with E-state index in [4.69, 9.17) is 16.3 Å². The molecule has 0 unspecified atom stereocenters. The van der Waals surface area contributed by atoms with Gasteiger partial charge >= 0.3 is 0 Å².